The van der Waals surface area contributed by atoms with Gasteiger partial charge in [-0.3, -0.25) is 4.79 Å². The summed E-state index contributed by atoms with van der Waals surface area (Å²) < 4.78 is 16.8. The fraction of sp³-hybridized carbons (Fsp3) is 0.938. The monoisotopic (exact) mass is 314 g/mol. The predicted molar refractivity (Wildman–Crippen MR) is 83.6 cm³/mol. The highest BCUT2D eigenvalue weighted by Gasteiger charge is 2.25. The number of likely N-dealkylation sites (tertiary alicyclic amines) is 1. The third kappa shape index (κ3) is 5.50. The lowest BCUT2D eigenvalue weighted by atomic mass is 10.1. The molecule has 22 heavy (non-hydrogen) atoms. The average molecular weight is 314 g/mol. The van der Waals surface area contributed by atoms with Crippen LogP contribution in [-0.4, -0.2) is 69.1 Å². The maximum absolute atomic E-state index is 12.2. The number of hydrogen-bond donors (Lipinski definition) is 1. The Bertz CT molecular complexity index is 322. The van der Waals surface area contributed by atoms with Crippen molar-refractivity contribution in [3.8, 4) is 0 Å². The van der Waals surface area contributed by atoms with E-state index < -0.39 is 0 Å². The third-order valence-electron chi connectivity index (χ3n) is 4.59. The minimum absolute atomic E-state index is 0.131. The maximum atomic E-state index is 12.2. The average Bonchev–Trinajstić information content (AvgIpc) is 2.59. The zero-order valence-electron chi connectivity index (χ0n) is 13.7. The van der Waals surface area contributed by atoms with E-state index in [1.54, 1.807) is 7.11 Å². The summed E-state index contributed by atoms with van der Waals surface area (Å²) >= 11 is 0. The largest absolute Gasteiger partial charge is 0.380 e. The van der Waals surface area contributed by atoms with E-state index in [-0.39, 0.29) is 24.2 Å². The Kier molecular flexibility index (Phi) is 7.59. The third-order valence-corrected chi connectivity index (χ3v) is 4.59. The summed E-state index contributed by atoms with van der Waals surface area (Å²) in [6.07, 6.45) is 6.03. The molecule has 0 aromatic carbocycles. The van der Waals surface area contributed by atoms with Gasteiger partial charge in [-0.2, -0.15) is 0 Å². The molecule has 0 radical (unpaired) electrons. The fourth-order valence-corrected chi connectivity index (χ4v) is 3.04. The van der Waals surface area contributed by atoms with Gasteiger partial charge in [0.1, 0.15) is 0 Å². The van der Waals surface area contributed by atoms with Crippen LogP contribution >= 0.6 is 0 Å². The van der Waals surface area contributed by atoms with Crippen molar-refractivity contribution in [1.82, 2.24) is 4.90 Å². The molecule has 0 aromatic rings. The van der Waals surface area contributed by atoms with Crippen LogP contribution in [0, 0.1) is 0 Å². The molecule has 0 spiro atoms. The SMILES string of the molecule is COC(CN)CC(=O)N1CCC(OCC2CCCCO2)CC1. The van der Waals surface area contributed by atoms with Crippen molar-refractivity contribution in [3.63, 3.8) is 0 Å². The molecule has 2 unspecified atom stereocenters. The van der Waals surface area contributed by atoms with Gasteiger partial charge in [0.25, 0.3) is 0 Å². The quantitative estimate of drug-likeness (QED) is 0.756. The Morgan fingerprint density at radius 3 is 2.68 bits per heavy atom. The molecule has 128 valence electrons. The molecule has 2 heterocycles. The van der Waals surface area contributed by atoms with Gasteiger partial charge in [0.05, 0.1) is 31.3 Å². The van der Waals surface area contributed by atoms with Crippen molar-refractivity contribution in [3.05, 3.63) is 0 Å². The maximum Gasteiger partial charge on any atom is 0.225 e. The normalized spacial score (nSPS) is 25.2. The van der Waals surface area contributed by atoms with Crippen LogP contribution in [0.15, 0.2) is 0 Å². The van der Waals surface area contributed by atoms with Gasteiger partial charge in [-0.05, 0) is 32.1 Å². The smallest absolute Gasteiger partial charge is 0.225 e. The molecule has 2 rings (SSSR count). The van der Waals surface area contributed by atoms with Gasteiger partial charge in [0.2, 0.25) is 5.91 Å². The van der Waals surface area contributed by atoms with E-state index in [1.807, 2.05) is 4.90 Å². The van der Waals surface area contributed by atoms with Gasteiger partial charge >= 0.3 is 0 Å². The summed E-state index contributed by atoms with van der Waals surface area (Å²) in [5, 5.41) is 0. The van der Waals surface area contributed by atoms with Crippen LogP contribution in [0.5, 0.6) is 0 Å². The van der Waals surface area contributed by atoms with Gasteiger partial charge in [0.15, 0.2) is 0 Å². The number of rotatable bonds is 7. The van der Waals surface area contributed by atoms with Crippen LogP contribution in [-0.2, 0) is 19.0 Å². The minimum atomic E-state index is -0.176. The van der Waals surface area contributed by atoms with E-state index in [0.29, 0.717) is 19.6 Å². The van der Waals surface area contributed by atoms with E-state index >= 15 is 0 Å². The van der Waals surface area contributed by atoms with E-state index in [9.17, 15) is 4.79 Å². The van der Waals surface area contributed by atoms with Crippen LogP contribution in [0.1, 0.15) is 38.5 Å². The summed E-state index contributed by atoms with van der Waals surface area (Å²) in [6.45, 7) is 3.45. The molecule has 1 amide bonds. The topological polar surface area (TPSA) is 74.0 Å². The Morgan fingerprint density at radius 2 is 2.09 bits per heavy atom. The zero-order valence-corrected chi connectivity index (χ0v) is 13.7. The number of carbonyl (C=O) groups is 1. The number of nitrogens with two attached hydrogens (primary N) is 1. The summed E-state index contributed by atoms with van der Waals surface area (Å²) in [7, 11) is 1.60. The highest BCUT2D eigenvalue weighted by Crippen LogP contribution is 2.18. The lowest BCUT2D eigenvalue weighted by molar-refractivity contribution is -0.137. The zero-order chi connectivity index (χ0) is 15.8. The molecule has 2 fully saturated rings. The fourth-order valence-electron chi connectivity index (χ4n) is 3.04. The van der Waals surface area contributed by atoms with E-state index in [0.717, 1.165) is 39.0 Å². The summed E-state index contributed by atoms with van der Waals surface area (Å²) in [5.74, 6) is 0.131. The van der Waals surface area contributed by atoms with Crippen molar-refractivity contribution < 1.29 is 19.0 Å². The Balaban J connectivity index is 1.63. The van der Waals surface area contributed by atoms with Crippen molar-refractivity contribution in [2.45, 2.75) is 56.8 Å². The number of carbonyl (C=O) groups excluding carboxylic acids is 1. The molecule has 6 heteroatoms. The van der Waals surface area contributed by atoms with Gasteiger partial charge in [-0.25, -0.2) is 0 Å². The summed E-state index contributed by atoms with van der Waals surface area (Å²) in [6, 6.07) is 0. The Morgan fingerprint density at radius 1 is 1.32 bits per heavy atom. The second kappa shape index (κ2) is 9.45. The lowest BCUT2D eigenvalue weighted by Crippen LogP contribution is -2.43. The summed E-state index contributed by atoms with van der Waals surface area (Å²) in [5.41, 5.74) is 5.57. The number of ether oxygens (including phenoxy) is 3. The Hall–Kier alpha value is -0.690. The van der Waals surface area contributed by atoms with Gasteiger partial charge in [0, 0.05) is 33.4 Å². The van der Waals surface area contributed by atoms with E-state index in [2.05, 4.69) is 0 Å². The summed E-state index contributed by atoms with van der Waals surface area (Å²) in [4.78, 5) is 14.1. The van der Waals surface area contributed by atoms with Crippen LogP contribution in [0.25, 0.3) is 0 Å². The molecule has 6 nitrogen and oxygen atoms in total. The van der Waals surface area contributed by atoms with E-state index in [4.69, 9.17) is 19.9 Å². The molecule has 0 bridgehead atoms. The highest BCUT2D eigenvalue weighted by molar-refractivity contribution is 5.76. The molecule has 2 aliphatic heterocycles. The highest BCUT2D eigenvalue weighted by atomic mass is 16.5. The first-order valence-corrected chi connectivity index (χ1v) is 8.46. The van der Waals surface area contributed by atoms with Crippen molar-refractivity contribution in [2.24, 2.45) is 5.73 Å². The van der Waals surface area contributed by atoms with Crippen molar-refractivity contribution in [1.29, 1.82) is 0 Å². The molecule has 2 aliphatic rings. The van der Waals surface area contributed by atoms with Crippen LogP contribution in [0.4, 0.5) is 0 Å². The molecular weight excluding hydrogens is 284 g/mol. The second-order valence-electron chi connectivity index (χ2n) is 6.20. The molecule has 0 saturated carbocycles. The number of hydrogen-bond acceptors (Lipinski definition) is 5. The minimum Gasteiger partial charge on any atom is -0.380 e. The first-order chi connectivity index (χ1) is 10.7. The molecular formula is C16H30N2O4. The molecule has 2 saturated heterocycles. The first-order valence-electron chi connectivity index (χ1n) is 8.46. The van der Waals surface area contributed by atoms with E-state index in [1.165, 1.54) is 12.8 Å². The number of nitrogens with zero attached hydrogens (tertiary/aromatic N) is 1. The standard InChI is InChI=1S/C16H30N2O4/c1-20-15(11-17)10-16(19)18-7-5-13(6-8-18)22-12-14-4-2-3-9-21-14/h13-15H,2-12,17H2,1H3. The lowest BCUT2D eigenvalue weighted by Gasteiger charge is -2.33. The number of amides is 1. The number of piperidine rings is 1. The molecule has 0 aliphatic carbocycles. The number of methoxy groups -OCH3 is 1. The first kappa shape index (κ1) is 17.7. The van der Waals surface area contributed by atoms with Crippen molar-refractivity contribution in [2.75, 3.05) is 40.0 Å². The molecule has 2 atom stereocenters. The van der Waals surface area contributed by atoms with Gasteiger partial charge in [-0.15, -0.1) is 0 Å². The van der Waals surface area contributed by atoms with Gasteiger partial charge < -0.3 is 24.8 Å². The molecule has 2 N–H and O–H groups in total. The van der Waals surface area contributed by atoms with Crippen LogP contribution in [0.2, 0.25) is 0 Å². The predicted octanol–water partition coefficient (Wildman–Crippen LogP) is 0.927. The Labute approximate surface area is 133 Å². The molecule has 0 aromatic heterocycles. The van der Waals surface area contributed by atoms with Crippen LogP contribution in [0.3, 0.4) is 0 Å². The second-order valence-corrected chi connectivity index (χ2v) is 6.20. The van der Waals surface area contributed by atoms with Crippen LogP contribution < -0.4 is 5.73 Å². The van der Waals surface area contributed by atoms with Crippen molar-refractivity contribution >= 4 is 5.91 Å². The van der Waals surface area contributed by atoms with Gasteiger partial charge in [-0.1, -0.05) is 0 Å².